The van der Waals surface area contributed by atoms with Gasteiger partial charge in [-0.1, -0.05) is 11.6 Å². The summed E-state index contributed by atoms with van der Waals surface area (Å²) >= 11 is 6.17. The third-order valence-corrected chi connectivity index (χ3v) is 7.40. The zero-order valence-corrected chi connectivity index (χ0v) is 20.4. The molecular formula is C25H27ClFN7O2. The molecule has 11 heteroatoms. The third-order valence-electron chi connectivity index (χ3n) is 7.17. The van der Waals surface area contributed by atoms with Crippen LogP contribution in [0.2, 0.25) is 5.02 Å². The van der Waals surface area contributed by atoms with Crippen molar-refractivity contribution in [3.63, 3.8) is 0 Å². The molecule has 1 saturated heterocycles. The van der Waals surface area contributed by atoms with Gasteiger partial charge in [0.25, 0.3) is 5.91 Å². The fraction of sp³-hybridized carbons (Fsp3) is 0.480. The summed E-state index contributed by atoms with van der Waals surface area (Å²) in [5.41, 5.74) is 4.66. The first kappa shape index (κ1) is 24.4. The van der Waals surface area contributed by atoms with Gasteiger partial charge in [-0.2, -0.15) is 5.26 Å². The molecule has 1 aromatic heterocycles. The first-order chi connectivity index (χ1) is 17.3. The Morgan fingerprint density at radius 2 is 2.06 bits per heavy atom. The summed E-state index contributed by atoms with van der Waals surface area (Å²) in [6, 6.07) is 7.00. The predicted molar refractivity (Wildman–Crippen MR) is 133 cm³/mol. The minimum absolute atomic E-state index is 0.177. The second kappa shape index (κ2) is 9.30. The number of hydrogen-bond acceptors (Lipinski definition) is 7. The van der Waals surface area contributed by atoms with Crippen LogP contribution in [-0.2, 0) is 16.1 Å². The lowest BCUT2D eigenvalue weighted by atomic mass is 10.1. The van der Waals surface area contributed by atoms with E-state index in [1.165, 1.54) is 0 Å². The average molecular weight is 512 g/mol. The maximum absolute atomic E-state index is 14.3. The van der Waals surface area contributed by atoms with E-state index in [4.69, 9.17) is 22.3 Å². The quantitative estimate of drug-likeness (QED) is 0.495. The van der Waals surface area contributed by atoms with Crippen LogP contribution in [0.1, 0.15) is 37.7 Å². The zero-order valence-electron chi connectivity index (χ0n) is 19.7. The van der Waals surface area contributed by atoms with Crippen molar-refractivity contribution < 1.29 is 14.0 Å². The van der Waals surface area contributed by atoms with Crippen molar-refractivity contribution in [1.82, 2.24) is 15.3 Å². The minimum atomic E-state index is -1.84. The van der Waals surface area contributed by atoms with E-state index < -0.39 is 17.0 Å². The Hall–Kier alpha value is -3.29. The van der Waals surface area contributed by atoms with Crippen LogP contribution in [0.5, 0.6) is 0 Å². The van der Waals surface area contributed by atoms with Gasteiger partial charge in [0.15, 0.2) is 11.5 Å². The van der Waals surface area contributed by atoms with E-state index in [2.05, 4.69) is 26.6 Å². The molecule has 9 nitrogen and oxygen atoms in total. The molecular weight excluding hydrogens is 485 g/mol. The molecule has 1 aromatic carbocycles. The van der Waals surface area contributed by atoms with Gasteiger partial charge in [-0.25, -0.2) is 14.4 Å². The topological polar surface area (TPSA) is 137 Å². The molecule has 2 aromatic rings. The Bertz CT molecular complexity index is 1260. The first-order valence-corrected chi connectivity index (χ1v) is 12.5. The highest BCUT2D eigenvalue weighted by Gasteiger charge is 2.51. The summed E-state index contributed by atoms with van der Waals surface area (Å²) in [5.74, 6) is 0.313. The number of benzene rings is 1. The molecule has 1 atom stereocenters. The highest BCUT2D eigenvalue weighted by atomic mass is 35.5. The number of aromatic nitrogens is 2. The Labute approximate surface area is 213 Å². The van der Waals surface area contributed by atoms with E-state index in [-0.39, 0.29) is 25.3 Å². The normalized spacial score (nSPS) is 20.9. The first-order valence-electron chi connectivity index (χ1n) is 12.1. The largest absolute Gasteiger partial charge is 0.356 e. The number of nitrogens with zero attached hydrogens (tertiary/aromatic N) is 4. The number of nitrogens with two attached hydrogens (primary N) is 1. The zero-order chi connectivity index (χ0) is 25.5. The highest BCUT2D eigenvalue weighted by Crippen LogP contribution is 2.45. The number of nitriles is 1. The van der Waals surface area contributed by atoms with Crippen molar-refractivity contribution in [1.29, 1.82) is 5.26 Å². The molecule has 1 unspecified atom stereocenters. The molecule has 0 bridgehead atoms. The molecule has 3 aliphatic rings. The Kier molecular flexibility index (Phi) is 6.30. The van der Waals surface area contributed by atoms with Crippen molar-refractivity contribution in [2.45, 2.75) is 44.3 Å². The van der Waals surface area contributed by atoms with Gasteiger partial charge in [0, 0.05) is 42.0 Å². The summed E-state index contributed by atoms with van der Waals surface area (Å²) in [6.45, 7) is 2.19. The number of anilines is 2. The van der Waals surface area contributed by atoms with Crippen molar-refractivity contribution in [2.24, 2.45) is 17.1 Å². The third kappa shape index (κ3) is 4.73. The fourth-order valence-corrected chi connectivity index (χ4v) is 4.56. The Morgan fingerprint density at radius 3 is 2.69 bits per heavy atom. The van der Waals surface area contributed by atoms with Gasteiger partial charge in [0.05, 0.1) is 11.8 Å². The molecule has 5 rings (SSSR count). The number of alkyl halides is 1. The fourth-order valence-electron chi connectivity index (χ4n) is 4.39. The van der Waals surface area contributed by atoms with Crippen LogP contribution in [0.4, 0.5) is 15.9 Å². The highest BCUT2D eigenvalue weighted by molar-refractivity contribution is 6.31. The SMILES string of the molecule is N#CC1(C(=O)NCc2cnc(-c3ccc(Cl)cc3NC(=O)C3(F)CC3)nc2N2CCC(CN)C2)CC1. The minimum Gasteiger partial charge on any atom is -0.356 e. The smallest absolute Gasteiger partial charge is 0.262 e. The van der Waals surface area contributed by atoms with Crippen molar-refractivity contribution in [3.8, 4) is 17.5 Å². The number of carbonyl (C=O) groups excluding carboxylic acids is 2. The summed E-state index contributed by atoms with van der Waals surface area (Å²) in [5, 5.41) is 15.2. The van der Waals surface area contributed by atoms with Crippen LogP contribution in [-0.4, -0.2) is 47.1 Å². The molecule has 188 valence electrons. The Balaban J connectivity index is 1.46. The van der Waals surface area contributed by atoms with Crippen molar-refractivity contribution in [3.05, 3.63) is 35.0 Å². The van der Waals surface area contributed by atoms with E-state index in [1.54, 1.807) is 24.4 Å². The van der Waals surface area contributed by atoms with Crippen LogP contribution in [0, 0.1) is 22.7 Å². The molecule has 2 amide bonds. The number of amides is 2. The van der Waals surface area contributed by atoms with Crippen LogP contribution in [0.15, 0.2) is 24.4 Å². The lowest BCUT2D eigenvalue weighted by molar-refractivity contribution is -0.124. The van der Waals surface area contributed by atoms with E-state index in [9.17, 15) is 19.2 Å². The summed E-state index contributed by atoms with van der Waals surface area (Å²) < 4.78 is 14.3. The van der Waals surface area contributed by atoms with Crippen LogP contribution in [0.3, 0.4) is 0 Å². The summed E-state index contributed by atoms with van der Waals surface area (Å²) in [4.78, 5) is 36.4. The van der Waals surface area contributed by atoms with Gasteiger partial charge in [-0.3, -0.25) is 9.59 Å². The maximum atomic E-state index is 14.3. The second-order valence-corrected chi connectivity index (χ2v) is 10.3. The van der Waals surface area contributed by atoms with Gasteiger partial charge in [-0.15, -0.1) is 0 Å². The molecule has 1 aliphatic heterocycles. The lowest BCUT2D eigenvalue weighted by Crippen LogP contribution is -2.32. The Morgan fingerprint density at radius 1 is 1.28 bits per heavy atom. The maximum Gasteiger partial charge on any atom is 0.262 e. The monoisotopic (exact) mass is 511 g/mol. The van der Waals surface area contributed by atoms with Crippen molar-refractivity contribution in [2.75, 3.05) is 29.9 Å². The van der Waals surface area contributed by atoms with Crippen molar-refractivity contribution >= 4 is 34.9 Å². The van der Waals surface area contributed by atoms with E-state index in [1.807, 2.05) is 0 Å². The van der Waals surface area contributed by atoms with E-state index in [0.717, 1.165) is 13.0 Å². The number of halogens is 2. The second-order valence-electron chi connectivity index (χ2n) is 9.86. The molecule has 36 heavy (non-hydrogen) atoms. The van der Waals surface area contributed by atoms with Crippen LogP contribution >= 0.6 is 11.6 Å². The van der Waals surface area contributed by atoms with Gasteiger partial charge in [-0.05, 0) is 62.8 Å². The molecule has 2 heterocycles. The lowest BCUT2D eigenvalue weighted by Gasteiger charge is -2.22. The van der Waals surface area contributed by atoms with E-state index in [0.29, 0.717) is 65.3 Å². The molecule has 4 N–H and O–H groups in total. The van der Waals surface area contributed by atoms with Crippen LogP contribution < -0.4 is 21.3 Å². The number of carbonyl (C=O) groups is 2. The number of rotatable bonds is 8. The summed E-state index contributed by atoms with van der Waals surface area (Å²) in [6.07, 6.45) is 4.07. The predicted octanol–water partition coefficient (Wildman–Crippen LogP) is 2.94. The van der Waals surface area contributed by atoms with Gasteiger partial charge < -0.3 is 21.3 Å². The van der Waals surface area contributed by atoms with Crippen LogP contribution in [0.25, 0.3) is 11.4 Å². The van der Waals surface area contributed by atoms with Gasteiger partial charge in [0.2, 0.25) is 5.91 Å². The molecule has 0 spiro atoms. The molecule has 3 fully saturated rings. The summed E-state index contributed by atoms with van der Waals surface area (Å²) in [7, 11) is 0. The molecule has 2 aliphatic carbocycles. The molecule has 0 radical (unpaired) electrons. The molecule has 2 saturated carbocycles. The number of hydrogen-bond donors (Lipinski definition) is 3. The average Bonchev–Trinajstić information content (AvgIpc) is 3.79. The van der Waals surface area contributed by atoms with Gasteiger partial charge in [0.1, 0.15) is 11.2 Å². The van der Waals surface area contributed by atoms with E-state index >= 15 is 0 Å². The standard InChI is InChI=1S/C25H27ClFN7O2/c26-17-1-2-18(19(9-17)32-23(36)25(27)6-7-25)20-30-11-16(12-31-22(35)24(14-29)4-5-24)21(33-20)34-8-3-15(10-28)13-34/h1-2,9,11,15H,3-8,10,12-13,28H2,(H,31,35)(H,32,36). The number of nitrogens with one attached hydrogen (secondary N) is 2. The van der Waals surface area contributed by atoms with Gasteiger partial charge >= 0.3 is 0 Å².